The van der Waals surface area contributed by atoms with E-state index in [1.165, 1.54) is 18.2 Å². The molecule has 54 heavy (non-hydrogen) atoms. The number of carbonyl (C=O) groups is 4. The van der Waals surface area contributed by atoms with Crippen LogP contribution in [0.2, 0.25) is 0 Å². The third kappa shape index (κ3) is 8.91. The Morgan fingerprint density at radius 2 is 1.69 bits per heavy atom. The molecule has 3 aliphatic rings. The molecular weight excluding hydrogens is 709 g/mol. The van der Waals surface area contributed by atoms with Crippen molar-refractivity contribution in [2.24, 2.45) is 5.41 Å². The highest BCUT2D eigenvalue weighted by atomic mass is 32.1. The molecule has 2 aromatic heterocycles. The van der Waals surface area contributed by atoms with Gasteiger partial charge < -0.3 is 30.3 Å². The van der Waals surface area contributed by atoms with E-state index in [1.807, 2.05) is 70.5 Å². The number of hydrogen-bond acceptors (Lipinski definition) is 12. The van der Waals surface area contributed by atoms with Gasteiger partial charge >= 0.3 is 5.97 Å². The number of ether oxygens (including phenoxy) is 1. The Morgan fingerprint density at radius 1 is 0.981 bits per heavy atom. The first-order chi connectivity index (χ1) is 25.7. The Labute approximate surface area is 320 Å². The summed E-state index contributed by atoms with van der Waals surface area (Å²) in [5, 5.41) is 16.7. The Balaban J connectivity index is 0.990. The number of thiazole rings is 1. The predicted octanol–water partition coefficient (Wildman–Crippen LogP) is 2.48. The highest BCUT2D eigenvalue weighted by molar-refractivity contribution is 7.13. The minimum Gasteiger partial charge on any atom is -0.465 e. The van der Waals surface area contributed by atoms with Gasteiger partial charge in [-0.05, 0) is 42.5 Å². The number of β-amino-alcohol motifs (C(OH)–C–C–N with tert-alkyl or cyclic N) is 1. The number of rotatable bonds is 11. The van der Waals surface area contributed by atoms with Crippen molar-refractivity contribution in [3.63, 3.8) is 0 Å². The second-order valence-electron chi connectivity index (χ2n) is 15.6. The van der Waals surface area contributed by atoms with Gasteiger partial charge in [0, 0.05) is 64.5 Å². The zero-order chi connectivity index (χ0) is 38.7. The highest BCUT2D eigenvalue weighted by Gasteiger charge is 2.45. The van der Waals surface area contributed by atoms with Crippen LogP contribution >= 0.6 is 11.3 Å². The van der Waals surface area contributed by atoms with Gasteiger partial charge in [0.05, 0.1) is 47.4 Å². The van der Waals surface area contributed by atoms with Gasteiger partial charge in [-0.25, -0.2) is 14.8 Å². The molecule has 0 bridgehead atoms. The Kier molecular flexibility index (Phi) is 12.0. The normalized spacial score (nSPS) is 20.9. The average molecular weight is 761 g/mol. The molecule has 1 aromatic carbocycles. The Morgan fingerprint density at radius 3 is 2.28 bits per heavy atom. The van der Waals surface area contributed by atoms with Gasteiger partial charge in [0.25, 0.3) is 0 Å². The van der Waals surface area contributed by atoms with Gasteiger partial charge in [0.15, 0.2) is 0 Å². The van der Waals surface area contributed by atoms with E-state index in [0.717, 1.165) is 66.8 Å². The van der Waals surface area contributed by atoms with Crippen LogP contribution in [0.4, 0.5) is 5.82 Å². The van der Waals surface area contributed by atoms with Crippen molar-refractivity contribution in [1.29, 1.82) is 0 Å². The number of aliphatic hydroxyl groups is 1. The van der Waals surface area contributed by atoms with Crippen molar-refractivity contribution in [2.45, 2.75) is 71.3 Å². The molecule has 4 atom stereocenters. The quantitative estimate of drug-likeness (QED) is 0.247. The number of aliphatic hydroxyl groups excluding tert-OH is 1. The SMILES string of the molecule is COC(=O)c1ccc(N2CC(N3CCN(CC(=O)N[C@H](C(=O)N4C[C@H](O)CC4C(=O)N[C@@H](C)c4ccc(-c5scnc5C)cc4)C(C)(C)C)CC3)C2)nc1. The number of pyridine rings is 1. The van der Waals surface area contributed by atoms with E-state index in [0.29, 0.717) is 11.6 Å². The summed E-state index contributed by atoms with van der Waals surface area (Å²) < 4.78 is 4.75. The monoisotopic (exact) mass is 760 g/mol. The smallest absolute Gasteiger partial charge is 0.339 e. The number of carbonyl (C=O) groups excluding carboxylic acids is 4. The van der Waals surface area contributed by atoms with Crippen molar-refractivity contribution in [2.75, 3.05) is 64.4 Å². The van der Waals surface area contributed by atoms with E-state index in [9.17, 15) is 24.3 Å². The topological polar surface area (TPSA) is 161 Å². The zero-order valence-corrected chi connectivity index (χ0v) is 32.8. The number of esters is 1. The lowest BCUT2D eigenvalue weighted by Gasteiger charge is -2.48. The molecule has 3 amide bonds. The number of nitrogens with one attached hydrogen (secondary N) is 2. The van der Waals surface area contributed by atoms with Crippen molar-refractivity contribution < 1.29 is 29.0 Å². The minimum absolute atomic E-state index is 0.0199. The lowest BCUT2D eigenvalue weighted by molar-refractivity contribution is -0.144. The molecule has 14 nitrogen and oxygen atoms in total. The molecule has 290 valence electrons. The van der Waals surface area contributed by atoms with Crippen molar-refractivity contribution in [3.05, 3.63) is 64.9 Å². The van der Waals surface area contributed by atoms with Crippen LogP contribution in [0.5, 0.6) is 0 Å². The summed E-state index contributed by atoms with van der Waals surface area (Å²) in [5.74, 6) is -0.549. The second-order valence-corrected chi connectivity index (χ2v) is 16.5. The fourth-order valence-corrected chi connectivity index (χ4v) is 8.21. The van der Waals surface area contributed by atoms with Crippen LogP contribution in [0.15, 0.2) is 48.1 Å². The first-order valence-electron chi connectivity index (χ1n) is 18.6. The van der Waals surface area contributed by atoms with Crippen molar-refractivity contribution in [1.82, 2.24) is 35.3 Å². The number of anilines is 1. The summed E-state index contributed by atoms with van der Waals surface area (Å²) in [7, 11) is 1.35. The van der Waals surface area contributed by atoms with Crippen LogP contribution < -0.4 is 15.5 Å². The van der Waals surface area contributed by atoms with Crippen molar-refractivity contribution >= 4 is 40.8 Å². The van der Waals surface area contributed by atoms with Gasteiger partial charge in [-0.1, -0.05) is 45.0 Å². The number of aromatic nitrogens is 2. The molecule has 3 N–H and O–H groups in total. The lowest BCUT2D eigenvalue weighted by Crippen LogP contribution is -2.64. The van der Waals surface area contributed by atoms with Crippen LogP contribution in [0.25, 0.3) is 10.4 Å². The van der Waals surface area contributed by atoms with Crippen LogP contribution in [0, 0.1) is 12.3 Å². The molecule has 3 saturated heterocycles. The fourth-order valence-electron chi connectivity index (χ4n) is 7.40. The summed E-state index contributed by atoms with van der Waals surface area (Å²) in [4.78, 5) is 70.9. The van der Waals surface area contributed by atoms with E-state index in [2.05, 4.69) is 35.3 Å². The predicted molar refractivity (Wildman–Crippen MR) is 206 cm³/mol. The van der Waals surface area contributed by atoms with E-state index in [-0.39, 0.29) is 43.3 Å². The van der Waals surface area contributed by atoms with Gasteiger partial charge in [0.1, 0.15) is 17.9 Å². The summed E-state index contributed by atoms with van der Waals surface area (Å²) in [5.41, 5.74) is 4.56. The number of likely N-dealkylation sites (tertiary alicyclic amines) is 1. The number of nitrogens with zero attached hydrogens (tertiary/aromatic N) is 6. The molecule has 0 radical (unpaired) electrons. The average Bonchev–Trinajstić information content (AvgIpc) is 3.75. The standard InChI is InChI=1S/C39H52N8O6S/c1-24(26-7-9-27(10-8-26)34-25(2)41-23-54-34)42-36(50)31-17-30(48)21-47(31)37(51)35(39(3,4)5)43-33(49)22-44-13-15-45(16-14-44)29-19-46(20-29)32-12-11-28(18-40-32)38(52)53-6/h7-12,18,23-24,29-31,35,48H,13-17,19-22H2,1-6H3,(H,42,50)(H,43,49)/t24-,30+,31?,35+/m0/s1. The molecule has 1 unspecified atom stereocenters. The summed E-state index contributed by atoms with van der Waals surface area (Å²) >= 11 is 1.58. The highest BCUT2D eigenvalue weighted by Crippen LogP contribution is 2.30. The molecule has 3 fully saturated rings. The summed E-state index contributed by atoms with van der Waals surface area (Å²) in [6, 6.07) is 9.86. The third-order valence-electron chi connectivity index (χ3n) is 10.7. The van der Waals surface area contributed by atoms with E-state index in [1.54, 1.807) is 17.4 Å². The van der Waals surface area contributed by atoms with E-state index in [4.69, 9.17) is 4.74 Å². The molecule has 3 aliphatic heterocycles. The number of hydrogen-bond donors (Lipinski definition) is 3. The second kappa shape index (κ2) is 16.5. The van der Waals surface area contributed by atoms with Gasteiger partial charge in [-0.2, -0.15) is 0 Å². The summed E-state index contributed by atoms with van der Waals surface area (Å²) in [6.07, 6.45) is 0.814. The summed E-state index contributed by atoms with van der Waals surface area (Å²) in [6.45, 7) is 14.5. The van der Waals surface area contributed by atoms with E-state index < -0.39 is 29.6 Å². The minimum atomic E-state index is -0.886. The first-order valence-corrected chi connectivity index (χ1v) is 19.4. The Bertz CT molecular complexity index is 1800. The molecule has 15 heteroatoms. The molecular formula is C39H52N8O6S. The molecule has 3 aromatic rings. The Hall–Kier alpha value is -4.44. The first kappa shape index (κ1) is 39.3. The van der Waals surface area contributed by atoms with Crippen LogP contribution in [0.3, 0.4) is 0 Å². The number of methoxy groups -OCH3 is 1. The maximum absolute atomic E-state index is 14.1. The molecule has 5 heterocycles. The van der Waals surface area contributed by atoms with Crippen molar-refractivity contribution in [3.8, 4) is 10.4 Å². The van der Waals surface area contributed by atoms with Gasteiger partial charge in [0.2, 0.25) is 17.7 Å². The number of piperazine rings is 1. The number of benzene rings is 1. The number of aryl methyl sites for hydroxylation is 1. The van der Waals surface area contributed by atoms with Gasteiger partial charge in [-0.15, -0.1) is 11.3 Å². The molecule has 6 rings (SSSR count). The van der Waals surface area contributed by atoms with E-state index >= 15 is 0 Å². The van der Waals surface area contributed by atoms with Crippen LogP contribution in [-0.4, -0.2) is 137 Å². The number of amides is 3. The maximum atomic E-state index is 14.1. The molecule has 0 saturated carbocycles. The zero-order valence-electron chi connectivity index (χ0n) is 31.9. The third-order valence-corrected chi connectivity index (χ3v) is 11.7. The lowest BCUT2D eigenvalue weighted by atomic mass is 9.85. The van der Waals surface area contributed by atoms with Crippen LogP contribution in [-0.2, 0) is 19.1 Å². The van der Waals surface area contributed by atoms with Gasteiger partial charge in [-0.3, -0.25) is 24.2 Å². The van der Waals surface area contributed by atoms with Crippen LogP contribution in [0.1, 0.15) is 61.8 Å². The maximum Gasteiger partial charge on any atom is 0.339 e. The largest absolute Gasteiger partial charge is 0.465 e. The fraction of sp³-hybridized carbons (Fsp3) is 0.538. The molecule has 0 spiro atoms. The molecule has 0 aliphatic carbocycles.